The summed E-state index contributed by atoms with van der Waals surface area (Å²) in [5, 5.41) is 11.8. The SMILES string of the molecule is C=CCn1c(S[C@H](C)C(=O)N[C@@H](C)c2ccc(F)cc2)nnc1[C@@H]1COc2ccccc2O1. The highest BCUT2D eigenvalue weighted by Gasteiger charge is 2.29. The molecule has 3 atom stereocenters. The summed E-state index contributed by atoms with van der Waals surface area (Å²) < 4.78 is 26.9. The molecule has 4 rings (SSSR count). The van der Waals surface area contributed by atoms with E-state index in [0.717, 1.165) is 5.56 Å². The van der Waals surface area contributed by atoms with E-state index >= 15 is 0 Å². The third-order valence-corrected chi connectivity index (χ3v) is 6.31. The zero-order valence-electron chi connectivity index (χ0n) is 18.4. The van der Waals surface area contributed by atoms with Gasteiger partial charge in [-0.3, -0.25) is 9.36 Å². The van der Waals surface area contributed by atoms with Gasteiger partial charge in [-0.05, 0) is 43.7 Å². The van der Waals surface area contributed by atoms with Gasteiger partial charge in [0.25, 0.3) is 0 Å². The van der Waals surface area contributed by atoms with Gasteiger partial charge in [0.1, 0.15) is 12.4 Å². The second-order valence-electron chi connectivity index (χ2n) is 7.65. The van der Waals surface area contributed by atoms with Crippen molar-refractivity contribution in [3.8, 4) is 11.5 Å². The number of ether oxygens (including phenoxy) is 2. The zero-order chi connectivity index (χ0) is 23.4. The minimum Gasteiger partial charge on any atom is -0.485 e. The number of para-hydroxylation sites is 2. The van der Waals surface area contributed by atoms with Crippen LogP contribution in [-0.2, 0) is 11.3 Å². The van der Waals surface area contributed by atoms with Gasteiger partial charge in [-0.1, -0.05) is 42.1 Å². The van der Waals surface area contributed by atoms with Crippen LogP contribution in [0.4, 0.5) is 4.39 Å². The highest BCUT2D eigenvalue weighted by Crippen LogP contribution is 2.36. The first-order chi connectivity index (χ1) is 16.0. The molecule has 33 heavy (non-hydrogen) atoms. The standard InChI is InChI=1S/C24H25FN4O3S/c1-4-13-29-22(21-14-31-19-7-5-6-8-20(19)32-21)27-28-24(29)33-16(3)23(30)26-15(2)17-9-11-18(25)12-10-17/h4-12,15-16,21H,1,13-14H2,2-3H3,(H,26,30)/t15-,16+,21-/m0/s1. The van der Waals surface area contributed by atoms with Crippen molar-refractivity contribution in [2.45, 2.75) is 42.9 Å². The smallest absolute Gasteiger partial charge is 0.233 e. The van der Waals surface area contributed by atoms with E-state index in [-0.39, 0.29) is 17.8 Å². The summed E-state index contributed by atoms with van der Waals surface area (Å²) in [6.07, 6.45) is 1.32. The van der Waals surface area contributed by atoms with Crippen LogP contribution in [0, 0.1) is 5.82 Å². The van der Waals surface area contributed by atoms with Crippen molar-refractivity contribution in [1.82, 2.24) is 20.1 Å². The predicted molar refractivity (Wildman–Crippen MR) is 124 cm³/mol. The van der Waals surface area contributed by atoms with Crippen LogP contribution in [0.25, 0.3) is 0 Å². The van der Waals surface area contributed by atoms with Gasteiger partial charge in [0.05, 0.1) is 11.3 Å². The molecule has 172 valence electrons. The van der Waals surface area contributed by atoms with Crippen LogP contribution >= 0.6 is 11.8 Å². The predicted octanol–water partition coefficient (Wildman–Crippen LogP) is 4.47. The minimum atomic E-state index is -0.433. The van der Waals surface area contributed by atoms with Crippen molar-refractivity contribution in [3.05, 3.63) is 78.4 Å². The van der Waals surface area contributed by atoms with Crippen LogP contribution in [0.3, 0.4) is 0 Å². The first-order valence-corrected chi connectivity index (χ1v) is 11.5. The number of aromatic nitrogens is 3. The molecule has 0 aliphatic carbocycles. The van der Waals surface area contributed by atoms with Gasteiger partial charge < -0.3 is 14.8 Å². The zero-order valence-corrected chi connectivity index (χ0v) is 19.2. The molecule has 1 N–H and O–H groups in total. The Labute approximate surface area is 196 Å². The molecule has 7 nitrogen and oxygen atoms in total. The van der Waals surface area contributed by atoms with Crippen LogP contribution in [0.1, 0.15) is 37.4 Å². The van der Waals surface area contributed by atoms with Gasteiger partial charge >= 0.3 is 0 Å². The summed E-state index contributed by atoms with van der Waals surface area (Å²) >= 11 is 1.30. The molecule has 1 aliphatic heterocycles. The van der Waals surface area contributed by atoms with Crippen molar-refractivity contribution < 1.29 is 18.7 Å². The number of carbonyl (C=O) groups excluding carboxylic acids is 1. The van der Waals surface area contributed by atoms with Gasteiger partial charge in [0.2, 0.25) is 5.91 Å². The van der Waals surface area contributed by atoms with Crippen LogP contribution in [-0.4, -0.2) is 32.5 Å². The Hall–Kier alpha value is -3.33. The lowest BCUT2D eigenvalue weighted by molar-refractivity contribution is -0.120. The summed E-state index contributed by atoms with van der Waals surface area (Å²) in [5.74, 6) is 1.49. The lowest BCUT2D eigenvalue weighted by Gasteiger charge is -2.26. The molecule has 1 aromatic heterocycles. The van der Waals surface area contributed by atoms with E-state index < -0.39 is 11.4 Å². The number of carbonyl (C=O) groups is 1. The topological polar surface area (TPSA) is 78.3 Å². The summed E-state index contributed by atoms with van der Waals surface area (Å²) in [6.45, 7) is 8.27. The summed E-state index contributed by atoms with van der Waals surface area (Å²) in [6, 6.07) is 13.3. The monoisotopic (exact) mass is 468 g/mol. The lowest BCUT2D eigenvalue weighted by Crippen LogP contribution is -2.33. The average Bonchev–Trinajstić information content (AvgIpc) is 3.21. The first kappa shape index (κ1) is 22.8. The van der Waals surface area contributed by atoms with Gasteiger partial charge in [-0.25, -0.2) is 4.39 Å². The molecule has 3 aromatic rings. The van der Waals surface area contributed by atoms with Crippen molar-refractivity contribution in [1.29, 1.82) is 0 Å². The number of halogens is 1. The highest BCUT2D eigenvalue weighted by atomic mass is 32.2. The molecule has 0 bridgehead atoms. The molecular weight excluding hydrogens is 443 g/mol. The fraction of sp³-hybridized carbons (Fsp3) is 0.292. The fourth-order valence-electron chi connectivity index (χ4n) is 3.45. The maximum atomic E-state index is 13.2. The Morgan fingerprint density at radius 3 is 2.70 bits per heavy atom. The van der Waals surface area contributed by atoms with Crippen LogP contribution in [0.5, 0.6) is 11.5 Å². The number of benzene rings is 2. The number of nitrogens with zero attached hydrogens (tertiary/aromatic N) is 3. The lowest BCUT2D eigenvalue weighted by atomic mass is 10.1. The Kier molecular flexibility index (Phi) is 6.98. The average molecular weight is 469 g/mol. The highest BCUT2D eigenvalue weighted by molar-refractivity contribution is 8.00. The Bertz CT molecular complexity index is 1130. The van der Waals surface area contributed by atoms with Crippen LogP contribution in [0.2, 0.25) is 0 Å². The minimum absolute atomic E-state index is 0.155. The largest absolute Gasteiger partial charge is 0.485 e. The van der Waals surface area contributed by atoms with Crippen molar-refractivity contribution in [2.75, 3.05) is 6.61 Å². The van der Waals surface area contributed by atoms with Crippen LogP contribution < -0.4 is 14.8 Å². The normalized spacial score (nSPS) is 16.6. The van der Waals surface area contributed by atoms with E-state index in [1.54, 1.807) is 25.1 Å². The maximum Gasteiger partial charge on any atom is 0.233 e. The third-order valence-electron chi connectivity index (χ3n) is 5.23. The number of fused-ring (bicyclic) bond motifs is 1. The molecule has 0 saturated heterocycles. The number of hydrogen-bond acceptors (Lipinski definition) is 6. The summed E-state index contributed by atoms with van der Waals surface area (Å²) in [5.41, 5.74) is 0.828. The molecule has 0 radical (unpaired) electrons. The van der Waals surface area contributed by atoms with E-state index in [1.807, 2.05) is 35.8 Å². The van der Waals surface area contributed by atoms with Crippen LogP contribution in [0.15, 0.2) is 66.3 Å². The van der Waals surface area contributed by atoms with Gasteiger partial charge in [-0.2, -0.15) is 0 Å². The molecule has 2 heterocycles. The Morgan fingerprint density at radius 1 is 1.24 bits per heavy atom. The van der Waals surface area contributed by atoms with E-state index in [2.05, 4.69) is 22.1 Å². The molecular formula is C24H25FN4O3S. The van der Waals surface area contributed by atoms with Crippen molar-refractivity contribution in [3.63, 3.8) is 0 Å². The number of hydrogen-bond donors (Lipinski definition) is 1. The molecule has 0 spiro atoms. The Balaban J connectivity index is 1.45. The van der Waals surface area contributed by atoms with E-state index in [4.69, 9.17) is 9.47 Å². The molecule has 0 unspecified atom stereocenters. The first-order valence-electron chi connectivity index (χ1n) is 10.6. The van der Waals surface area contributed by atoms with Gasteiger partial charge in [0.15, 0.2) is 28.6 Å². The number of rotatable bonds is 8. The van der Waals surface area contributed by atoms with Gasteiger partial charge in [-0.15, -0.1) is 16.8 Å². The Morgan fingerprint density at radius 2 is 1.97 bits per heavy atom. The number of nitrogens with one attached hydrogen (secondary N) is 1. The van der Waals surface area contributed by atoms with E-state index in [0.29, 0.717) is 35.6 Å². The second kappa shape index (κ2) is 10.1. The second-order valence-corrected chi connectivity index (χ2v) is 8.95. The maximum absolute atomic E-state index is 13.2. The van der Waals surface area contributed by atoms with Gasteiger partial charge in [0, 0.05) is 6.54 Å². The van der Waals surface area contributed by atoms with Crippen molar-refractivity contribution >= 4 is 17.7 Å². The molecule has 1 amide bonds. The third kappa shape index (κ3) is 5.19. The summed E-state index contributed by atoms with van der Waals surface area (Å²) in [7, 11) is 0. The quantitative estimate of drug-likeness (QED) is 0.388. The molecule has 0 fully saturated rings. The number of thioether (sulfide) groups is 1. The van der Waals surface area contributed by atoms with E-state index in [1.165, 1.54) is 23.9 Å². The number of amides is 1. The molecule has 1 aliphatic rings. The van der Waals surface area contributed by atoms with E-state index in [9.17, 15) is 9.18 Å². The van der Waals surface area contributed by atoms with Crippen molar-refractivity contribution in [2.24, 2.45) is 0 Å². The molecule has 2 aromatic carbocycles. The summed E-state index contributed by atoms with van der Waals surface area (Å²) in [4.78, 5) is 12.8. The molecule has 0 saturated carbocycles. The number of allylic oxidation sites excluding steroid dienone is 1. The molecule has 9 heteroatoms. The fourth-order valence-corrected chi connectivity index (χ4v) is 4.32.